The van der Waals surface area contributed by atoms with Crippen LogP contribution >= 0.6 is 23.2 Å². The van der Waals surface area contributed by atoms with Crippen LogP contribution in [0, 0.1) is 0 Å². The highest BCUT2D eigenvalue weighted by Crippen LogP contribution is 2.23. The van der Waals surface area contributed by atoms with E-state index in [1.807, 2.05) is 12.1 Å². The summed E-state index contributed by atoms with van der Waals surface area (Å²) in [6, 6.07) is 12.2. The van der Waals surface area contributed by atoms with Gasteiger partial charge in [0.05, 0.1) is 15.6 Å². The largest absolute Gasteiger partial charge is 0.461 e. The number of aryl methyl sites for hydroxylation is 1. The Kier molecular flexibility index (Phi) is 5.46. The standard InChI is InChI=1S/C18H15Cl2NO4/c19-13-8-7-12(10-14(13)20)11-24-17(22)6-3-9-21-15-4-1-2-5-16(15)25-18(21)23/h1-2,4-5,7-8,10H,3,6,9,11H2. The minimum atomic E-state index is -0.426. The van der Waals surface area contributed by atoms with Crippen molar-refractivity contribution in [1.82, 2.24) is 4.57 Å². The van der Waals surface area contributed by atoms with Crippen molar-refractivity contribution in [1.29, 1.82) is 0 Å². The Hall–Kier alpha value is -2.24. The lowest BCUT2D eigenvalue weighted by molar-refractivity contribution is -0.145. The highest BCUT2D eigenvalue weighted by Gasteiger charge is 2.10. The summed E-state index contributed by atoms with van der Waals surface area (Å²) in [6.45, 7) is 0.516. The molecule has 0 bridgehead atoms. The Morgan fingerprint density at radius 3 is 2.72 bits per heavy atom. The Balaban J connectivity index is 1.51. The number of esters is 1. The third-order valence-electron chi connectivity index (χ3n) is 3.72. The summed E-state index contributed by atoms with van der Waals surface area (Å²) in [4.78, 5) is 23.7. The molecule has 7 heteroatoms. The van der Waals surface area contributed by atoms with Gasteiger partial charge in [0.1, 0.15) is 6.61 Å². The zero-order valence-electron chi connectivity index (χ0n) is 13.2. The number of carbonyl (C=O) groups excluding carboxylic acids is 1. The summed E-state index contributed by atoms with van der Waals surface area (Å²) >= 11 is 11.8. The normalized spacial score (nSPS) is 11.0. The molecule has 0 unspecified atom stereocenters. The van der Waals surface area contributed by atoms with E-state index in [-0.39, 0.29) is 19.0 Å². The molecule has 1 heterocycles. The van der Waals surface area contributed by atoms with Crippen molar-refractivity contribution >= 4 is 40.3 Å². The minimum Gasteiger partial charge on any atom is -0.461 e. The third-order valence-corrected chi connectivity index (χ3v) is 4.46. The fourth-order valence-electron chi connectivity index (χ4n) is 2.47. The fourth-order valence-corrected chi connectivity index (χ4v) is 2.79. The van der Waals surface area contributed by atoms with Crippen LogP contribution < -0.4 is 5.76 Å². The molecule has 0 N–H and O–H groups in total. The van der Waals surface area contributed by atoms with Crippen molar-refractivity contribution in [2.45, 2.75) is 26.0 Å². The molecule has 25 heavy (non-hydrogen) atoms. The van der Waals surface area contributed by atoms with Gasteiger partial charge in [0.25, 0.3) is 0 Å². The molecule has 0 fully saturated rings. The lowest BCUT2D eigenvalue weighted by atomic mass is 10.2. The zero-order valence-corrected chi connectivity index (χ0v) is 14.7. The van der Waals surface area contributed by atoms with Gasteiger partial charge in [-0.3, -0.25) is 9.36 Å². The number of carbonyl (C=O) groups is 1. The van der Waals surface area contributed by atoms with Crippen LogP contribution in [0.5, 0.6) is 0 Å². The Labute approximate surface area is 153 Å². The highest BCUT2D eigenvalue weighted by atomic mass is 35.5. The lowest BCUT2D eigenvalue weighted by Crippen LogP contribution is -2.15. The molecule has 0 amide bonds. The number of halogens is 2. The first-order valence-corrected chi connectivity index (χ1v) is 8.48. The maximum Gasteiger partial charge on any atom is 0.419 e. The molecule has 130 valence electrons. The van der Waals surface area contributed by atoms with Gasteiger partial charge < -0.3 is 9.15 Å². The van der Waals surface area contributed by atoms with E-state index in [1.165, 1.54) is 4.57 Å². The topological polar surface area (TPSA) is 61.4 Å². The highest BCUT2D eigenvalue weighted by molar-refractivity contribution is 6.42. The average Bonchev–Trinajstić information content (AvgIpc) is 2.92. The number of aromatic nitrogens is 1. The summed E-state index contributed by atoms with van der Waals surface area (Å²) in [6.07, 6.45) is 0.677. The number of oxazole rings is 1. The van der Waals surface area contributed by atoms with E-state index in [0.29, 0.717) is 28.6 Å². The van der Waals surface area contributed by atoms with Gasteiger partial charge in [0.15, 0.2) is 5.58 Å². The first-order chi connectivity index (χ1) is 12.0. The number of fused-ring (bicyclic) bond motifs is 1. The van der Waals surface area contributed by atoms with E-state index in [9.17, 15) is 9.59 Å². The summed E-state index contributed by atoms with van der Waals surface area (Å²) in [5, 5.41) is 0.871. The molecule has 5 nitrogen and oxygen atoms in total. The molecule has 3 aromatic rings. The summed E-state index contributed by atoms with van der Waals surface area (Å²) < 4.78 is 11.9. The van der Waals surface area contributed by atoms with Crippen LogP contribution in [-0.4, -0.2) is 10.5 Å². The number of nitrogens with zero attached hydrogens (tertiary/aromatic N) is 1. The smallest absolute Gasteiger partial charge is 0.419 e. The van der Waals surface area contributed by atoms with Gasteiger partial charge in [0.2, 0.25) is 0 Å². The van der Waals surface area contributed by atoms with Crippen LogP contribution in [0.2, 0.25) is 10.0 Å². The number of hydrogen-bond acceptors (Lipinski definition) is 4. The molecule has 0 saturated heterocycles. The van der Waals surface area contributed by atoms with E-state index in [1.54, 1.807) is 30.3 Å². The van der Waals surface area contributed by atoms with Crippen LogP contribution in [0.25, 0.3) is 11.1 Å². The second-order valence-electron chi connectivity index (χ2n) is 5.50. The van der Waals surface area contributed by atoms with Crippen LogP contribution in [0.15, 0.2) is 51.7 Å². The monoisotopic (exact) mass is 379 g/mol. The third kappa shape index (κ3) is 4.24. The minimum absolute atomic E-state index is 0.129. The predicted molar refractivity (Wildman–Crippen MR) is 96.0 cm³/mol. The van der Waals surface area contributed by atoms with E-state index < -0.39 is 5.76 Å². The zero-order chi connectivity index (χ0) is 17.8. The van der Waals surface area contributed by atoms with Crippen molar-refractivity contribution in [2.24, 2.45) is 0 Å². The van der Waals surface area contributed by atoms with Crippen molar-refractivity contribution < 1.29 is 13.9 Å². The molecule has 0 aliphatic carbocycles. The quantitative estimate of drug-likeness (QED) is 0.594. The molecule has 0 saturated carbocycles. The number of benzene rings is 2. The SMILES string of the molecule is O=C(CCCn1c(=O)oc2ccccc21)OCc1ccc(Cl)c(Cl)c1. The molecule has 0 atom stereocenters. The van der Waals surface area contributed by atoms with Gasteiger partial charge in [-0.25, -0.2) is 4.79 Å². The number of rotatable bonds is 6. The van der Waals surface area contributed by atoms with Crippen LogP contribution in [-0.2, 0) is 22.7 Å². The first-order valence-electron chi connectivity index (χ1n) is 7.72. The van der Waals surface area contributed by atoms with Crippen LogP contribution in [0.3, 0.4) is 0 Å². The molecule has 0 spiro atoms. The van der Waals surface area contributed by atoms with E-state index in [4.69, 9.17) is 32.4 Å². The van der Waals surface area contributed by atoms with Crippen molar-refractivity contribution in [3.63, 3.8) is 0 Å². The van der Waals surface area contributed by atoms with Crippen LogP contribution in [0.4, 0.5) is 0 Å². The van der Waals surface area contributed by atoms with Crippen molar-refractivity contribution in [2.75, 3.05) is 0 Å². The van der Waals surface area contributed by atoms with Gasteiger partial charge in [-0.05, 0) is 36.2 Å². The van der Waals surface area contributed by atoms with Crippen molar-refractivity contribution in [3.8, 4) is 0 Å². The Morgan fingerprint density at radius 1 is 1.12 bits per heavy atom. The molecular weight excluding hydrogens is 365 g/mol. The maximum atomic E-state index is 11.9. The average molecular weight is 380 g/mol. The fraction of sp³-hybridized carbons (Fsp3) is 0.222. The van der Waals surface area contributed by atoms with Gasteiger partial charge >= 0.3 is 11.7 Å². The van der Waals surface area contributed by atoms with Gasteiger partial charge in [-0.15, -0.1) is 0 Å². The predicted octanol–water partition coefficient (Wildman–Crippen LogP) is 4.42. The van der Waals surface area contributed by atoms with Crippen molar-refractivity contribution in [3.05, 3.63) is 68.6 Å². The second-order valence-corrected chi connectivity index (χ2v) is 6.31. The van der Waals surface area contributed by atoms with Gasteiger partial charge in [-0.1, -0.05) is 41.4 Å². The molecule has 0 radical (unpaired) electrons. The molecular formula is C18H15Cl2NO4. The molecule has 3 rings (SSSR count). The number of ether oxygens (including phenoxy) is 1. The first kappa shape index (κ1) is 17.6. The maximum absolute atomic E-state index is 11.9. The summed E-state index contributed by atoms with van der Waals surface area (Å²) in [5.41, 5.74) is 2.02. The van der Waals surface area contributed by atoms with E-state index >= 15 is 0 Å². The molecule has 0 aliphatic heterocycles. The summed E-state index contributed by atoms with van der Waals surface area (Å²) in [5.74, 6) is -0.766. The summed E-state index contributed by atoms with van der Waals surface area (Å²) in [7, 11) is 0. The van der Waals surface area contributed by atoms with E-state index in [0.717, 1.165) is 11.1 Å². The van der Waals surface area contributed by atoms with Gasteiger partial charge in [-0.2, -0.15) is 0 Å². The molecule has 2 aromatic carbocycles. The second kappa shape index (κ2) is 7.76. The molecule has 0 aliphatic rings. The van der Waals surface area contributed by atoms with E-state index in [2.05, 4.69) is 0 Å². The van der Waals surface area contributed by atoms with Crippen LogP contribution in [0.1, 0.15) is 18.4 Å². The Morgan fingerprint density at radius 2 is 1.92 bits per heavy atom. The Bertz CT molecular complexity index is 961. The number of para-hydroxylation sites is 2. The van der Waals surface area contributed by atoms with Gasteiger partial charge in [0, 0.05) is 13.0 Å². The molecule has 1 aromatic heterocycles. The number of hydrogen-bond donors (Lipinski definition) is 0. The lowest BCUT2D eigenvalue weighted by Gasteiger charge is -2.06.